The first-order chi connectivity index (χ1) is 12.7. The summed E-state index contributed by atoms with van der Waals surface area (Å²) in [5.74, 6) is 1.37. The number of likely N-dealkylation sites (tertiary alicyclic amines) is 2. The molecule has 1 amide bonds. The van der Waals surface area contributed by atoms with Crippen molar-refractivity contribution in [3.63, 3.8) is 0 Å². The number of H-pyrrole nitrogens is 1. The monoisotopic (exact) mass is 352 g/mol. The number of amides is 1. The molecule has 2 saturated heterocycles. The summed E-state index contributed by atoms with van der Waals surface area (Å²) in [7, 11) is 0. The number of nitrogens with one attached hydrogen (secondary N) is 1. The van der Waals surface area contributed by atoms with Crippen molar-refractivity contribution in [2.24, 2.45) is 0 Å². The van der Waals surface area contributed by atoms with Crippen LogP contribution in [0.4, 0.5) is 0 Å². The van der Waals surface area contributed by atoms with Crippen molar-refractivity contribution in [2.45, 2.75) is 38.0 Å². The predicted octanol–water partition coefficient (Wildman–Crippen LogP) is 2.91. The van der Waals surface area contributed by atoms with Crippen molar-refractivity contribution in [2.75, 3.05) is 32.7 Å². The van der Waals surface area contributed by atoms with Crippen LogP contribution in [0.2, 0.25) is 0 Å². The Kier molecular flexibility index (Phi) is 5.07. The second-order valence-electron chi connectivity index (χ2n) is 7.75. The second-order valence-corrected chi connectivity index (χ2v) is 7.75. The second kappa shape index (κ2) is 7.62. The quantitative estimate of drug-likeness (QED) is 0.920. The van der Waals surface area contributed by atoms with Crippen LogP contribution in [-0.4, -0.2) is 58.6 Å². The molecule has 1 aromatic carbocycles. The van der Waals surface area contributed by atoms with Crippen molar-refractivity contribution in [3.8, 4) is 0 Å². The molecule has 1 N–H and O–H groups in total. The number of hydrogen-bond donors (Lipinski definition) is 1. The number of benzene rings is 1. The van der Waals surface area contributed by atoms with Gasteiger partial charge >= 0.3 is 0 Å². The van der Waals surface area contributed by atoms with Crippen molar-refractivity contribution in [1.82, 2.24) is 20.0 Å². The molecule has 0 saturated carbocycles. The minimum absolute atomic E-state index is 0.290. The summed E-state index contributed by atoms with van der Waals surface area (Å²) in [5.41, 5.74) is 3.89. The normalized spacial score (nSPS) is 22.0. The fourth-order valence-corrected chi connectivity index (χ4v) is 4.45. The third kappa shape index (κ3) is 3.68. The first-order valence-corrected chi connectivity index (χ1v) is 9.75. The van der Waals surface area contributed by atoms with Crippen LogP contribution in [0.5, 0.6) is 0 Å². The Balaban J connectivity index is 1.27. The summed E-state index contributed by atoms with van der Waals surface area (Å²) in [6.45, 7) is 6.41. The van der Waals surface area contributed by atoms with Crippen LogP contribution in [0.1, 0.15) is 47.9 Å². The Morgan fingerprint density at radius 2 is 1.85 bits per heavy atom. The highest BCUT2D eigenvalue weighted by atomic mass is 16.2. The van der Waals surface area contributed by atoms with Crippen molar-refractivity contribution in [1.29, 1.82) is 0 Å². The maximum atomic E-state index is 12.7. The molecule has 1 aromatic heterocycles. The molecule has 0 radical (unpaired) electrons. The van der Waals surface area contributed by atoms with Gasteiger partial charge in [-0.25, -0.2) is 0 Å². The van der Waals surface area contributed by atoms with Gasteiger partial charge in [-0.15, -0.1) is 0 Å². The van der Waals surface area contributed by atoms with E-state index in [0.717, 1.165) is 45.4 Å². The lowest BCUT2D eigenvalue weighted by Gasteiger charge is -2.33. The number of hydrogen-bond acceptors (Lipinski definition) is 3. The molecule has 0 aliphatic carbocycles. The third-order valence-corrected chi connectivity index (χ3v) is 6.03. The average Bonchev–Trinajstić information content (AvgIpc) is 3.32. The Labute approximate surface area is 155 Å². The summed E-state index contributed by atoms with van der Waals surface area (Å²) in [4.78, 5) is 17.1. The molecule has 0 unspecified atom stereocenters. The first-order valence-electron chi connectivity index (χ1n) is 9.75. The number of carbonyl (C=O) groups excluding carboxylic acids is 1. The van der Waals surface area contributed by atoms with Gasteiger partial charge < -0.3 is 4.90 Å². The molecule has 2 aliphatic heterocycles. The maximum Gasteiger partial charge on any atom is 0.236 e. The van der Waals surface area contributed by atoms with E-state index < -0.39 is 0 Å². The average molecular weight is 352 g/mol. The van der Waals surface area contributed by atoms with Crippen LogP contribution in [0.15, 0.2) is 36.5 Å². The predicted molar refractivity (Wildman–Crippen MR) is 102 cm³/mol. The number of aromatic amines is 1. The van der Waals surface area contributed by atoms with Crippen LogP contribution < -0.4 is 0 Å². The van der Waals surface area contributed by atoms with E-state index in [4.69, 9.17) is 0 Å². The number of aryl methyl sites for hydroxylation is 1. The molecular formula is C21H28N4O. The van der Waals surface area contributed by atoms with Crippen LogP contribution in [0.3, 0.4) is 0 Å². The van der Waals surface area contributed by atoms with E-state index in [2.05, 4.69) is 57.3 Å². The Morgan fingerprint density at radius 3 is 2.54 bits per heavy atom. The molecule has 0 spiro atoms. The minimum atomic E-state index is 0.290. The maximum absolute atomic E-state index is 12.7. The van der Waals surface area contributed by atoms with Crippen LogP contribution in [0, 0.1) is 6.92 Å². The van der Waals surface area contributed by atoms with Gasteiger partial charge in [0.25, 0.3) is 0 Å². The van der Waals surface area contributed by atoms with E-state index in [-0.39, 0.29) is 0 Å². The molecule has 26 heavy (non-hydrogen) atoms. The van der Waals surface area contributed by atoms with Gasteiger partial charge in [0.05, 0.1) is 12.7 Å². The lowest BCUT2D eigenvalue weighted by atomic mass is 9.91. The highest BCUT2D eigenvalue weighted by molar-refractivity contribution is 5.78. The first kappa shape index (κ1) is 17.3. The van der Waals surface area contributed by atoms with Crippen LogP contribution in [0.25, 0.3) is 0 Å². The van der Waals surface area contributed by atoms with Gasteiger partial charge in [0, 0.05) is 31.2 Å². The van der Waals surface area contributed by atoms with Crippen molar-refractivity contribution >= 4 is 5.91 Å². The smallest absolute Gasteiger partial charge is 0.236 e. The molecule has 4 rings (SSSR count). The molecule has 2 aromatic rings. The number of piperidine rings is 1. The van der Waals surface area contributed by atoms with Crippen molar-refractivity contribution < 1.29 is 4.79 Å². The summed E-state index contributed by atoms with van der Waals surface area (Å²) >= 11 is 0. The summed E-state index contributed by atoms with van der Waals surface area (Å²) in [6.07, 6.45) is 5.10. The molecule has 2 fully saturated rings. The largest absolute Gasteiger partial charge is 0.342 e. The lowest BCUT2D eigenvalue weighted by molar-refractivity contribution is -0.133. The van der Waals surface area contributed by atoms with E-state index in [1.807, 2.05) is 6.20 Å². The van der Waals surface area contributed by atoms with Gasteiger partial charge in [0.15, 0.2) is 0 Å². The minimum Gasteiger partial charge on any atom is -0.342 e. The summed E-state index contributed by atoms with van der Waals surface area (Å²) in [6, 6.07) is 10.7. The third-order valence-electron chi connectivity index (χ3n) is 6.03. The number of rotatable bonds is 4. The molecule has 1 atom stereocenters. The van der Waals surface area contributed by atoms with Crippen molar-refractivity contribution in [3.05, 3.63) is 53.3 Å². The molecular weight excluding hydrogens is 324 g/mol. The van der Waals surface area contributed by atoms with Gasteiger partial charge in [-0.1, -0.05) is 30.3 Å². The SMILES string of the molecule is Cc1cn[nH]c1C1CCN(C(=O)CN2CC[C@H](c3ccccc3)C2)CC1. The summed E-state index contributed by atoms with van der Waals surface area (Å²) in [5, 5.41) is 7.28. The number of nitrogens with zero attached hydrogens (tertiary/aromatic N) is 3. The van der Waals surface area contributed by atoms with Gasteiger partial charge in [-0.05, 0) is 49.8 Å². The van der Waals surface area contributed by atoms with Gasteiger partial charge in [0.2, 0.25) is 5.91 Å². The van der Waals surface area contributed by atoms with Gasteiger partial charge in [-0.2, -0.15) is 5.10 Å². The molecule has 2 aliphatic rings. The zero-order chi connectivity index (χ0) is 17.9. The number of aromatic nitrogens is 2. The Bertz CT molecular complexity index is 733. The zero-order valence-corrected chi connectivity index (χ0v) is 15.5. The van der Waals surface area contributed by atoms with Crippen LogP contribution >= 0.6 is 0 Å². The van der Waals surface area contributed by atoms with Gasteiger partial charge in [0.1, 0.15) is 0 Å². The number of carbonyl (C=O) groups is 1. The van der Waals surface area contributed by atoms with E-state index in [0.29, 0.717) is 24.3 Å². The fourth-order valence-electron chi connectivity index (χ4n) is 4.45. The molecule has 3 heterocycles. The fraction of sp³-hybridized carbons (Fsp3) is 0.524. The highest BCUT2D eigenvalue weighted by Gasteiger charge is 2.29. The molecule has 138 valence electrons. The van der Waals surface area contributed by atoms with Gasteiger partial charge in [-0.3, -0.25) is 14.8 Å². The van der Waals surface area contributed by atoms with Crippen LogP contribution in [-0.2, 0) is 4.79 Å². The lowest BCUT2D eigenvalue weighted by Crippen LogP contribution is -2.43. The topological polar surface area (TPSA) is 52.2 Å². The van der Waals surface area contributed by atoms with E-state index in [9.17, 15) is 4.79 Å². The molecule has 5 heteroatoms. The van der Waals surface area contributed by atoms with E-state index in [1.54, 1.807) is 0 Å². The standard InChI is InChI=1S/C21H28N4O/c1-16-13-22-23-21(16)18-8-11-25(12-9-18)20(26)15-24-10-7-19(14-24)17-5-3-2-4-6-17/h2-6,13,18-19H,7-12,14-15H2,1H3,(H,22,23)/t19-/m0/s1. The molecule has 5 nitrogen and oxygen atoms in total. The highest BCUT2D eigenvalue weighted by Crippen LogP contribution is 2.29. The Morgan fingerprint density at radius 1 is 1.12 bits per heavy atom. The summed E-state index contributed by atoms with van der Waals surface area (Å²) < 4.78 is 0. The Hall–Kier alpha value is -2.14. The van der Waals surface area contributed by atoms with E-state index >= 15 is 0 Å². The van der Waals surface area contributed by atoms with E-state index in [1.165, 1.54) is 16.8 Å². The molecule has 0 bridgehead atoms. The zero-order valence-electron chi connectivity index (χ0n) is 15.5.